The van der Waals surface area contributed by atoms with E-state index >= 15 is 0 Å². The summed E-state index contributed by atoms with van der Waals surface area (Å²) in [4.78, 5) is 10.4. The first-order valence-corrected chi connectivity index (χ1v) is 5.64. The van der Waals surface area contributed by atoms with Crippen LogP contribution >= 0.6 is 0 Å². The van der Waals surface area contributed by atoms with Crippen molar-refractivity contribution in [1.82, 2.24) is 20.2 Å². The van der Waals surface area contributed by atoms with Crippen molar-refractivity contribution >= 4 is 11.6 Å². The number of hydrogen-bond acceptors (Lipinski definition) is 5. The van der Waals surface area contributed by atoms with E-state index in [1.54, 1.807) is 6.20 Å². The zero-order valence-electron chi connectivity index (χ0n) is 9.37. The molecule has 6 heteroatoms. The summed E-state index contributed by atoms with van der Waals surface area (Å²) in [6.07, 6.45) is 4.40. The molecule has 0 spiro atoms. The van der Waals surface area contributed by atoms with Gasteiger partial charge in [0.2, 0.25) is 0 Å². The number of nitrogens with zero attached hydrogens (tertiary/aromatic N) is 4. The average molecular weight is 230 g/mol. The van der Waals surface area contributed by atoms with Gasteiger partial charge in [-0.15, -0.1) is 0 Å². The average Bonchev–Trinajstić information content (AvgIpc) is 3.00. The van der Waals surface area contributed by atoms with E-state index in [-0.39, 0.29) is 0 Å². The molecule has 6 nitrogen and oxygen atoms in total. The Morgan fingerprint density at radius 2 is 2.35 bits per heavy atom. The minimum Gasteiger partial charge on any atom is -0.384 e. The molecule has 1 atom stereocenters. The number of nitrogens with one attached hydrogen (secondary N) is 1. The Kier molecular flexibility index (Phi) is 2.40. The lowest BCUT2D eigenvalue weighted by molar-refractivity contribution is 0.737. The maximum absolute atomic E-state index is 5.66. The molecule has 0 bridgehead atoms. The molecule has 1 aliphatic heterocycles. The van der Waals surface area contributed by atoms with E-state index in [4.69, 9.17) is 5.73 Å². The van der Waals surface area contributed by atoms with Crippen LogP contribution in [0.25, 0.3) is 0 Å². The Hall–Kier alpha value is -2.11. The van der Waals surface area contributed by atoms with Gasteiger partial charge in [-0.05, 0) is 12.5 Å². The molecular formula is C11H14N6. The number of nitrogens with two attached hydrogens (primary N) is 1. The Labute approximate surface area is 98.9 Å². The molecule has 3 N–H and O–H groups in total. The molecule has 0 amide bonds. The third-order valence-corrected chi connectivity index (χ3v) is 3.15. The van der Waals surface area contributed by atoms with Gasteiger partial charge >= 0.3 is 0 Å². The van der Waals surface area contributed by atoms with Gasteiger partial charge in [-0.3, -0.25) is 5.10 Å². The van der Waals surface area contributed by atoms with Gasteiger partial charge in [0, 0.05) is 37.0 Å². The molecule has 1 unspecified atom stereocenters. The molecule has 0 aliphatic carbocycles. The van der Waals surface area contributed by atoms with Gasteiger partial charge in [-0.1, -0.05) is 0 Å². The number of hydrogen-bond donors (Lipinski definition) is 2. The largest absolute Gasteiger partial charge is 0.384 e. The van der Waals surface area contributed by atoms with Crippen LogP contribution in [-0.4, -0.2) is 33.3 Å². The van der Waals surface area contributed by atoms with Gasteiger partial charge in [-0.2, -0.15) is 5.10 Å². The minimum atomic E-state index is 0.494. The second-order valence-corrected chi connectivity index (χ2v) is 4.24. The minimum absolute atomic E-state index is 0.494. The van der Waals surface area contributed by atoms with E-state index < -0.39 is 0 Å². The highest BCUT2D eigenvalue weighted by Crippen LogP contribution is 2.28. The molecule has 17 heavy (non-hydrogen) atoms. The van der Waals surface area contributed by atoms with Crippen molar-refractivity contribution < 1.29 is 0 Å². The smallest absolute Gasteiger partial charge is 0.134 e. The topological polar surface area (TPSA) is 83.7 Å². The van der Waals surface area contributed by atoms with Crippen LogP contribution in [0.4, 0.5) is 11.6 Å². The second kappa shape index (κ2) is 4.04. The van der Waals surface area contributed by atoms with Crippen LogP contribution in [0, 0.1) is 0 Å². The van der Waals surface area contributed by atoms with E-state index in [1.807, 2.05) is 12.1 Å². The monoisotopic (exact) mass is 230 g/mol. The van der Waals surface area contributed by atoms with Crippen LogP contribution in [0.2, 0.25) is 0 Å². The van der Waals surface area contributed by atoms with E-state index in [0.717, 1.165) is 25.3 Å². The predicted molar refractivity (Wildman–Crippen MR) is 64.6 cm³/mol. The quantitative estimate of drug-likeness (QED) is 0.796. The third-order valence-electron chi connectivity index (χ3n) is 3.15. The highest BCUT2D eigenvalue weighted by atomic mass is 15.2. The van der Waals surface area contributed by atoms with Crippen molar-refractivity contribution in [3.8, 4) is 0 Å². The molecule has 2 aromatic heterocycles. The fourth-order valence-corrected chi connectivity index (χ4v) is 2.25. The van der Waals surface area contributed by atoms with E-state index in [9.17, 15) is 0 Å². The first-order valence-electron chi connectivity index (χ1n) is 5.64. The maximum atomic E-state index is 5.66. The predicted octanol–water partition coefficient (Wildman–Crippen LogP) is 0.776. The molecule has 1 aliphatic rings. The number of rotatable bonds is 2. The summed E-state index contributed by atoms with van der Waals surface area (Å²) in [5.74, 6) is 1.91. The fourth-order valence-electron chi connectivity index (χ4n) is 2.25. The highest BCUT2D eigenvalue weighted by Gasteiger charge is 2.25. The molecule has 3 rings (SSSR count). The summed E-state index contributed by atoms with van der Waals surface area (Å²) >= 11 is 0. The van der Waals surface area contributed by atoms with Gasteiger partial charge in [-0.25, -0.2) is 9.97 Å². The number of aromatic nitrogens is 4. The molecule has 88 valence electrons. The lowest BCUT2D eigenvalue weighted by Gasteiger charge is -2.16. The molecule has 3 heterocycles. The van der Waals surface area contributed by atoms with E-state index in [2.05, 4.69) is 25.1 Å². The van der Waals surface area contributed by atoms with Crippen LogP contribution in [0.5, 0.6) is 0 Å². The highest BCUT2D eigenvalue weighted by molar-refractivity contribution is 5.47. The molecule has 0 saturated carbocycles. The molecule has 2 aromatic rings. The first-order chi connectivity index (χ1) is 8.33. The number of nitrogen functional groups attached to an aromatic ring is 1. The summed E-state index contributed by atoms with van der Waals surface area (Å²) < 4.78 is 0. The molecule has 1 fully saturated rings. The molecule has 0 aromatic carbocycles. The van der Waals surface area contributed by atoms with Crippen molar-refractivity contribution in [2.75, 3.05) is 23.7 Å². The van der Waals surface area contributed by atoms with Gasteiger partial charge in [0.05, 0.1) is 0 Å². The summed E-state index contributed by atoms with van der Waals surface area (Å²) in [7, 11) is 0. The second-order valence-electron chi connectivity index (χ2n) is 4.24. The number of aromatic amines is 1. The summed E-state index contributed by atoms with van der Waals surface area (Å²) in [6.45, 7) is 1.93. The number of anilines is 2. The normalized spacial score (nSPS) is 19.8. The summed E-state index contributed by atoms with van der Waals surface area (Å²) in [5.41, 5.74) is 6.85. The van der Waals surface area contributed by atoms with Crippen molar-refractivity contribution in [3.05, 3.63) is 30.4 Å². The van der Waals surface area contributed by atoms with Crippen molar-refractivity contribution in [1.29, 1.82) is 0 Å². The molecular weight excluding hydrogens is 216 g/mol. The van der Waals surface area contributed by atoms with Crippen LogP contribution in [0.15, 0.2) is 24.7 Å². The van der Waals surface area contributed by atoms with Crippen molar-refractivity contribution in [2.24, 2.45) is 0 Å². The zero-order chi connectivity index (χ0) is 11.7. The Balaban J connectivity index is 1.76. The standard InChI is InChI=1S/C11H14N6/c12-10-5-11(14-7-13-10)17-4-2-8(6-17)9-1-3-15-16-9/h1,3,5,7-8H,2,4,6H2,(H,15,16)(H2,12,13,14). The fraction of sp³-hybridized carbons (Fsp3) is 0.364. The van der Waals surface area contributed by atoms with Gasteiger partial charge in [0.15, 0.2) is 0 Å². The van der Waals surface area contributed by atoms with Crippen molar-refractivity contribution in [3.63, 3.8) is 0 Å². The van der Waals surface area contributed by atoms with Gasteiger partial charge < -0.3 is 10.6 Å². The lowest BCUT2D eigenvalue weighted by atomic mass is 10.1. The zero-order valence-corrected chi connectivity index (χ0v) is 9.37. The molecule has 1 saturated heterocycles. The summed E-state index contributed by atoms with van der Waals surface area (Å²) in [6, 6.07) is 3.85. The van der Waals surface area contributed by atoms with Crippen LogP contribution in [-0.2, 0) is 0 Å². The van der Waals surface area contributed by atoms with Crippen LogP contribution in [0.3, 0.4) is 0 Å². The third kappa shape index (κ3) is 1.93. The van der Waals surface area contributed by atoms with Crippen molar-refractivity contribution in [2.45, 2.75) is 12.3 Å². The van der Waals surface area contributed by atoms with E-state index in [0.29, 0.717) is 11.7 Å². The van der Waals surface area contributed by atoms with Crippen LogP contribution in [0.1, 0.15) is 18.0 Å². The molecule has 0 radical (unpaired) electrons. The Morgan fingerprint density at radius 3 is 3.12 bits per heavy atom. The van der Waals surface area contributed by atoms with E-state index in [1.165, 1.54) is 12.0 Å². The van der Waals surface area contributed by atoms with Crippen LogP contribution < -0.4 is 10.6 Å². The van der Waals surface area contributed by atoms with Gasteiger partial charge in [0.1, 0.15) is 18.0 Å². The lowest BCUT2D eigenvalue weighted by Crippen LogP contribution is -2.20. The number of H-pyrrole nitrogens is 1. The Morgan fingerprint density at radius 1 is 1.41 bits per heavy atom. The summed E-state index contributed by atoms with van der Waals surface area (Å²) in [5, 5.41) is 7.02. The Bertz CT molecular complexity index is 494. The first kappa shape index (κ1) is 10.1. The van der Waals surface area contributed by atoms with Gasteiger partial charge in [0.25, 0.3) is 0 Å². The SMILES string of the molecule is Nc1cc(N2CCC(c3ccn[nH]3)C2)ncn1. The maximum Gasteiger partial charge on any atom is 0.134 e.